The molecule has 2 fully saturated rings. The van der Waals surface area contributed by atoms with Gasteiger partial charge in [-0.3, -0.25) is 28.9 Å². The van der Waals surface area contributed by atoms with Gasteiger partial charge in [0.2, 0.25) is 11.8 Å². The van der Waals surface area contributed by atoms with Gasteiger partial charge in [0, 0.05) is 28.5 Å². The van der Waals surface area contributed by atoms with Crippen LogP contribution in [-0.2, 0) is 24.6 Å². The Morgan fingerprint density at radius 1 is 0.800 bits per heavy atom. The number of fused-ring (bicyclic) bond motifs is 4. The number of nitrogens with zero attached hydrogens (tertiary/aromatic N) is 1. The lowest BCUT2D eigenvalue weighted by Gasteiger charge is -2.55. The average molecular weight is 662 g/mol. The third-order valence-electron chi connectivity index (χ3n) is 11.5. The Morgan fingerprint density at radius 3 is 2.16 bits per heavy atom. The summed E-state index contributed by atoms with van der Waals surface area (Å²) in [5.74, 6) is -4.86. The number of aromatic hydroxyl groups is 1. The van der Waals surface area contributed by atoms with Crippen molar-refractivity contribution < 1.29 is 29.1 Å². The van der Waals surface area contributed by atoms with Crippen molar-refractivity contribution in [3.63, 3.8) is 0 Å². The van der Waals surface area contributed by atoms with E-state index >= 15 is 9.59 Å². The van der Waals surface area contributed by atoms with Gasteiger partial charge in [-0.15, -0.1) is 0 Å². The smallest absolute Gasteiger partial charge is 0.238 e. The number of hydrogen-bond acceptors (Lipinski definition) is 6. The molecule has 1 aliphatic heterocycles. The van der Waals surface area contributed by atoms with E-state index in [9.17, 15) is 19.5 Å². The summed E-state index contributed by atoms with van der Waals surface area (Å²) in [5, 5.41) is 11.7. The highest BCUT2D eigenvalue weighted by molar-refractivity contribution is 6.32. The van der Waals surface area contributed by atoms with Gasteiger partial charge in [0.25, 0.3) is 0 Å². The highest BCUT2D eigenvalue weighted by Crippen LogP contribution is 2.64. The lowest BCUT2D eigenvalue weighted by Crippen LogP contribution is -2.58. The molecule has 6 unspecified atom stereocenters. The molecule has 248 valence electrons. The number of carbonyl (C=O) groups excluding carboxylic acids is 5. The predicted molar refractivity (Wildman–Crippen MR) is 188 cm³/mol. The summed E-state index contributed by atoms with van der Waals surface area (Å²) in [5.41, 5.74) is 3.01. The van der Waals surface area contributed by atoms with E-state index in [1.165, 1.54) is 17.9 Å². The fourth-order valence-electron chi connectivity index (χ4n) is 9.23. The van der Waals surface area contributed by atoms with Gasteiger partial charge in [0.1, 0.15) is 5.75 Å². The summed E-state index contributed by atoms with van der Waals surface area (Å²) in [7, 11) is 0. The number of ketones is 3. The van der Waals surface area contributed by atoms with Gasteiger partial charge >= 0.3 is 0 Å². The van der Waals surface area contributed by atoms with E-state index in [4.69, 9.17) is 0 Å². The van der Waals surface area contributed by atoms with Crippen molar-refractivity contribution in [3.05, 3.63) is 149 Å². The van der Waals surface area contributed by atoms with Gasteiger partial charge in [-0.25, -0.2) is 0 Å². The van der Waals surface area contributed by atoms with Crippen molar-refractivity contribution in [2.45, 2.75) is 38.0 Å². The van der Waals surface area contributed by atoms with Crippen LogP contribution >= 0.6 is 0 Å². The number of benzene rings is 4. The van der Waals surface area contributed by atoms with Gasteiger partial charge < -0.3 is 5.11 Å². The van der Waals surface area contributed by atoms with E-state index in [-0.39, 0.29) is 47.8 Å². The zero-order valence-electron chi connectivity index (χ0n) is 27.7. The number of allylic oxidation sites excluding steroid dienone is 4. The molecule has 7 heteroatoms. The molecule has 4 aromatic carbocycles. The second-order valence-corrected chi connectivity index (χ2v) is 13.9. The molecule has 2 amide bonds. The number of amides is 2. The number of hydrogen-bond donors (Lipinski definition) is 1. The molecule has 6 atom stereocenters. The molecule has 0 spiro atoms. The molecule has 7 nitrogen and oxygen atoms in total. The first-order valence-corrected chi connectivity index (χ1v) is 17.0. The van der Waals surface area contributed by atoms with Gasteiger partial charge in [0.05, 0.1) is 22.9 Å². The van der Waals surface area contributed by atoms with Crippen LogP contribution < -0.4 is 4.90 Å². The van der Waals surface area contributed by atoms with E-state index in [0.29, 0.717) is 39.1 Å². The SMILES string of the molecule is CC(=O)c1ccc(N2C(=O)C3CC=C4C(CC5C(=O)C(c6ccccc6)=CC(=O)C5(c5ccccc5)C4c4cccc(C)c4O)C3C2=O)cc1. The van der Waals surface area contributed by atoms with Gasteiger partial charge in [-0.1, -0.05) is 90.5 Å². The van der Waals surface area contributed by atoms with E-state index in [2.05, 4.69) is 0 Å². The van der Waals surface area contributed by atoms with Crippen LogP contribution in [-0.4, -0.2) is 34.3 Å². The molecule has 1 saturated heterocycles. The second-order valence-electron chi connectivity index (χ2n) is 13.9. The summed E-state index contributed by atoms with van der Waals surface area (Å²) >= 11 is 0. The molecule has 1 N–H and O–H groups in total. The number of anilines is 1. The van der Waals surface area contributed by atoms with Crippen molar-refractivity contribution >= 4 is 40.4 Å². The maximum atomic E-state index is 15.1. The molecule has 0 radical (unpaired) electrons. The summed E-state index contributed by atoms with van der Waals surface area (Å²) in [4.78, 5) is 71.8. The van der Waals surface area contributed by atoms with E-state index in [1.54, 1.807) is 37.3 Å². The Balaban J connectivity index is 1.34. The third kappa shape index (κ3) is 4.45. The van der Waals surface area contributed by atoms with Gasteiger partial charge in [0.15, 0.2) is 17.3 Å². The van der Waals surface area contributed by atoms with Crippen molar-refractivity contribution in [3.8, 4) is 5.75 Å². The fraction of sp³-hybridized carbons (Fsp3) is 0.233. The van der Waals surface area contributed by atoms with Crippen LogP contribution in [0.5, 0.6) is 5.75 Å². The second kappa shape index (κ2) is 11.7. The van der Waals surface area contributed by atoms with Gasteiger partial charge in [-0.2, -0.15) is 0 Å². The number of aryl methyl sites for hydroxylation is 1. The van der Waals surface area contributed by atoms with Crippen LogP contribution in [0.15, 0.2) is 121 Å². The van der Waals surface area contributed by atoms with Crippen LogP contribution in [0.3, 0.4) is 0 Å². The molecular weight excluding hydrogens is 626 g/mol. The van der Waals surface area contributed by atoms with E-state index in [1.807, 2.05) is 78.9 Å². The average Bonchev–Trinajstić information content (AvgIpc) is 3.39. The predicted octanol–water partition coefficient (Wildman–Crippen LogP) is 6.93. The molecular formula is C43H35NO6. The lowest BCUT2D eigenvalue weighted by molar-refractivity contribution is -0.135. The van der Waals surface area contributed by atoms with Crippen LogP contribution in [0.1, 0.15) is 58.3 Å². The normalized spacial score (nSPS) is 27.2. The van der Waals surface area contributed by atoms with Crippen molar-refractivity contribution in [1.82, 2.24) is 0 Å². The molecule has 0 aromatic heterocycles. The van der Waals surface area contributed by atoms with Crippen molar-refractivity contribution in [2.75, 3.05) is 4.90 Å². The molecule has 1 heterocycles. The number of imide groups is 1. The first kappa shape index (κ1) is 31.6. The van der Waals surface area contributed by atoms with E-state index < -0.39 is 35.0 Å². The van der Waals surface area contributed by atoms with Gasteiger partial charge in [-0.05, 0) is 79.6 Å². The summed E-state index contributed by atoms with van der Waals surface area (Å²) in [6.45, 7) is 3.26. The molecule has 1 saturated carbocycles. The summed E-state index contributed by atoms with van der Waals surface area (Å²) in [6.07, 6.45) is 3.91. The number of carbonyl (C=O) groups is 5. The molecule has 0 bridgehead atoms. The zero-order chi connectivity index (χ0) is 34.9. The Labute approximate surface area is 289 Å². The van der Waals surface area contributed by atoms with Crippen LogP contribution in [0.4, 0.5) is 5.69 Å². The molecule has 8 rings (SSSR count). The number of phenolic OH excluding ortho intramolecular Hbond substituents is 1. The maximum Gasteiger partial charge on any atom is 0.238 e. The molecule has 4 aromatic rings. The first-order chi connectivity index (χ1) is 24.1. The Hall–Kier alpha value is -5.69. The minimum absolute atomic E-state index is 0.0364. The first-order valence-electron chi connectivity index (χ1n) is 17.0. The summed E-state index contributed by atoms with van der Waals surface area (Å²) in [6, 6.07) is 30.4. The number of Topliss-reactive ketones (excluding diaryl/α,β-unsaturated/α-hetero) is 2. The van der Waals surface area contributed by atoms with Crippen molar-refractivity contribution in [1.29, 1.82) is 0 Å². The van der Waals surface area contributed by atoms with Crippen LogP contribution in [0.25, 0.3) is 5.57 Å². The number of para-hydroxylation sites is 1. The highest BCUT2D eigenvalue weighted by Gasteiger charge is 2.66. The topological polar surface area (TPSA) is 109 Å². The monoisotopic (exact) mass is 661 g/mol. The Kier molecular flexibility index (Phi) is 7.40. The molecule has 50 heavy (non-hydrogen) atoms. The molecule has 4 aliphatic rings. The largest absolute Gasteiger partial charge is 0.507 e. The quantitative estimate of drug-likeness (QED) is 0.141. The maximum absolute atomic E-state index is 15.1. The Morgan fingerprint density at radius 2 is 1.48 bits per heavy atom. The summed E-state index contributed by atoms with van der Waals surface area (Å²) < 4.78 is 0. The van der Waals surface area contributed by atoms with Crippen LogP contribution in [0, 0.1) is 30.6 Å². The van der Waals surface area contributed by atoms with Crippen molar-refractivity contribution in [2.24, 2.45) is 23.7 Å². The lowest BCUT2D eigenvalue weighted by atomic mass is 9.44. The van der Waals surface area contributed by atoms with Crippen LogP contribution in [0.2, 0.25) is 0 Å². The number of phenols is 1. The molecule has 3 aliphatic carbocycles. The Bertz CT molecular complexity index is 2170. The highest BCUT2D eigenvalue weighted by atomic mass is 16.3. The fourth-order valence-corrected chi connectivity index (χ4v) is 9.23. The van der Waals surface area contributed by atoms with E-state index in [0.717, 1.165) is 5.57 Å². The third-order valence-corrected chi connectivity index (χ3v) is 11.5. The number of rotatable bonds is 5. The minimum Gasteiger partial charge on any atom is -0.507 e. The minimum atomic E-state index is -1.41. The standard InChI is InChI=1S/C43H35NO6/c1-24-10-9-15-32(39(24)47)38-30-20-21-31-37(42(50)44(41(31)49)29-18-16-26(17-19-29)25(2)45)34(30)22-35-40(48)33(27-11-5-3-6-12-27)23-36(46)43(35,38)28-13-7-4-8-14-28/h3-20,23,31,34-35,37-38,47H,21-22H2,1-2H3. The zero-order valence-corrected chi connectivity index (χ0v) is 27.7.